The minimum Gasteiger partial charge on any atom is -0.508 e. The Morgan fingerprint density at radius 1 is 0.245 bits per heavy atom. The van der Waals surface area contributed by atoms with E-state index in [-0.39, 0.29) is 130 Å². The Labute approximate surface area is 779 Å². The quantitative estimate of drug-likeness (QED) is 0.0368. The molecule has 736 valence electrons. The number of hydrogen-bond donors (Lipinski definition) is 19. The molecule has 8 heterocycles. The second-order valence-corrected chi connectivity index (χ2v) is 32.0. The second kappa shape index (κ2) is 41.5. The van der Waals surface area contributed by atoms with Gasteiger partial charge in [-0.15, -0.1) is 0 Å². The van der Waals surface area contributed by atoms with E-state index in [2.05, 4.69) is 0 Å². The van der Waals surface area contributed by atoms with Gasteiger partial charge in [-0.05, 0) is 125 Å². The predicted molar refractivity (Wildman–Crippen MR) is 471 cm³/mol. The third kappa shape index (κ3) is 21.9. The number of benzene rings is 8. The molecule has 8 aromatic carbocycles. The van der Waals surface area contributed by atoms with Crippen molar-refractivity contribution in [3.05, 3.63) is 186 Å². The third-order valence-electron chi connectivity index (χ3n) is 21.7. The topological polar surface area (TPSA) is 711 Å². The monoisotopic (exact) mass is 1940 g/mol. The fraction of sp³-hybridized carbons (Fsp3) is 0.309. The highest BCUT2D eigenvalue weighted by molar-refractivity contribution is 5.92. The summed E-state index contributed by atoms with van der Waals surface area (Å²) in [6, 6.07) is 30.4. The van der Waals surface area contributed by atoms with Crippen LogP contribution in [-0.2, 0) is 66.6 Å². The first-order chi connectivity index (χ1) is 65.6. The molecular weight excluding hydrogens is 1850 g/mol. The fourth-order valence-electron chi connectivity index (χ4n) is 15.3. The average molecular weight is 1940 g/mol. The van der Waals surface area contributed by atoms with Gasteiger partial charge in [-0.3, -0.25) is 43.2 Å². The first-order valence-electron chi connectivity index (χ1n) is 41.9. The molecule has 12 aromatic rings. The Bertz CT molecular complexity index is 6870. The number of carbonyl (C=O) groups is 5. The van der Waals surface area contributed by atoms with Gasteiger partial charge >= 0.3 is 29.8 Å². The molecule has 0 unspecified atom stereocenters. The highest BCUT2D eigenvalue weighted by Crippen LogP contribution is 2.45. The molecule has 19 N–H and O–H groups in total. The van der Waals surface area contributed by atoms with Gasteiger partial charge in [0.05, 0.1) is 24.4 Å². The number of fused-ring (bicyclic) bond motifs is 4. The molecule has 4 aliphatic rings. The molecule has 4 aromatic heterocycles. The molecule has 20 atom stereocenters. The lowest BCUT2D eigenvalue weighted by molar-refractivity contribution is -0.277. The summed E-state index contributed by atoms with van der Waals surface area (Å²) in [7, 11) is 0. The minimum absolute atomic E-state index is 0.0402. The Balaban J connectivity index is 0.000000157. The van der Waals surface area contributed by atoms with Gasteiger partial charge in [0.25, 0.3) is 0 Å². The fourth-order valence-corrected chi connectivity index (χ4v) is 15.3. The second-order valence-electron chi connectivity index (χ2n) is 32.0. The first-order valence-corrected chi connectivity index (χ1v) is 41.9. The Kier molecular flexibility index (Phi) is 30.1. The summed E-state index contributed by atoms with van der Waals surface area (Å²) in [4.78, 5) is 111. The summed E-state index contributed by atoms with van der Waals surface area (Å²) in [6.07, 6.45) is -27.8. The third-order valence-corrected chi connectivity index (χ3v) is 21.7. The summed E-state index contributed by atoms with van der Waals surface area (Å²) < 4.78 is 94.2. The van der Waals surface area contributed by atoms with E-state index in [0.29, 0.717) is 5.56 Å². The largest absolute Gasteiger partial charge is 0.508 e. The molecule has 0 bridgehead atoms. The molecule has 0 spiro atoms. The Morgan fingerprint density at radius 3 is 0.770 bits per heavy atom. The van der Waals surface area contributed by atoms with Crippen molar-refractivity contribution in [1.82, 2.24) is 0 Å². The van der Waals surface area contributed by atoms with E-state index in [0.717, 1.165) is 83.1 Å². The van der Waals surface area contributed by atoms with E-state index < -0.39 is 220 Å². The van der Waals surface area contributed by atoms with Gasteiger partial charge < -0.3 is 176 Å². The summed E-state index contributed by atoms with van der Waals surface area (Å²) in [6.45, 7) is 11.5. The highest BCUT2D eigenvalue weighted by atomic mass is 16.7. The van der Waals surface area contributed by atoms with Crippen molar-refractivity contribution in [2.75, 3.05) is 0 Å². The van der Waals surface area contributed by atoms with Crippen LogP contribution in [-0.4, -0.2) is 250 Å². The normalized spacial score (nSPS) is 24.3. The number of phenols is 12. The van der Waals surface area contributed by atoms with E-state index in [1.807, 2.05) is 0 Å². The molecule has 0 aliphatic carbocycles. The zero-order valence-electron chi connectivity index (χ0n) is 74.0. The lowest BCUT2D eigenvalue weighted by Gasteiger charge is -2.41. The van der Waals surface area contributed by atoms with Crippen LogP contribution in [0.1, 0.15) is 62.3 Å². The van der Waals surface area contributed by atoms with Crippen LogP contribution in [0.2, 0.25) is 0 Å². The first kappa shape index (κ1) is 101. The van der Waals surface area contributed by atoms with Gasteiger partial charge in [-0.25, -0.2) is 0 Å². The zero-order valence-corrected chi connectivity index (χ0v) is 74.0. The van der Waals surface area contributed by atoms with Crippen LogP contribution < -0.4 is 40.7 Å². The van der Waals surface area contributed by atoms with Crippen molar-refractivity contribution in [2.45, 2.75) is 185 Å². The van der Waals surface area contributed by atoms with Gasteiger partial charge in [0.2, 0.25) is 69.9 Å². The van der Waals surface area contributed by atoms with Crippen LogP contribution in [0.15, 0.2) is 182 Å². The number of aliphatic hydroxyl groups excluding tert-OH is 7. The predicted octanol–water partition coefficient (Wildman–Crippen LogP) is 5.99. The lowest BCUT2D eigenvalue weighted by atomic mass is 9.99. The summed E-state index contributed by atoms with van der Waals surface area (Å²) in [5.41, 5.74) is -2.90. The van der Waals surface area contributed by atoms with E-state index >= 15 is 0 Å². The number of aromatic hydroxyl groups is 12. The molecular formula is C94H90O45. The molecule has 16 rings (SSSR count). The Morgan fingerprint density at radius 2 is 0.475 bits per heavy atom. The number of ether oxygens (including phenoxy) is 13. The molecule has 45 nitrogen and oxygen atoms in total. The number of rotatable bonds is 17. The van der Waals surface area contributed by atoms with Crippen molar-refractivity contribution < 1.29 is 200 Å². The number of carbonyl (C=O) groups excluding carboxylic acids is 5. The van der Waals surface area contributed by atoms with Crippen LogP contribution in [0, 0.1) is 0 Å². The summed E-state index contributed by atoms with van der Waals surface area (Å²) in [5, 5.41) is 191. The van der Waals surface area contributed by atoms with Gasteiger partial charge in [-0.2, -0.15) is 0 Å². The Hall–Kier alpha value is -15.7. The zero-order chi connectivity index (χ0) is 101. The van der Waals surface area contributed by atoms with Crippen molar-refractivity contribution >= 4 is 73.7 Å². The lowest BCUT2D eigenvalue weighted by Crippen LogP contribution is -2.61. The maximum absolute atomic E-state index is 13.5. The van der Waals surface area contributed by atoms with Crippen LogP contribution in [0.3, 0.4) is 0 Å². The van der Waals surface area contributed by atoms with Gasteiger partial charge in [0, 0.05) is 105 Å². The smallest absolute Gasteiger partial charge is 0.303 e. The van der Waals surface area contributed by atoms with Crippen molar-refractivity contribution in [3.8, 4) is 137 Å². The highest BCUT2D eigenvalue weighted by Gasteiger charge is 2.53. The van der Waals surface area contributed by atoms with E-state index in [4.69, 9.17) is 79.2 Å². The molecule has 0 amide bonds. The molecule has 4 fully saturated rings. The minimum atomic E-state index is -1.73. The van der Waals surface area contributed by atoms with Crippen molar-refractivity contribution in [2.24, 2.45) is 0 Å². The standard InChI is InChI=1S/2C25H24O12.C23H22O11.C21H20O10/c1-10-21(34-11(2)26)24(35-12(3)27)20(32)25(33-10)37-23-19(31)18-16(30)8-15(29)9-17(18)36-22(23)13-4-6-14(28)7-5-13;1-10-21(34-11(2)26)20(32)24(35-12(3)27)25(33-10)37-23-19(31)18-16(30)8-15(29)9-17(18)36-22(23)13-4-6-14(28)7-5-13;1-9-20(32-10(2)24)18(29)19(30)23(31-9)34-22-17(28)16-14(27)7-13(26)8-15(16)33-21(22)11-3-5-12(25)6-4-11;1-8-15(25)17(27)18(28)21(29-8)31-20-16(26)14-12(24)6-11(23)7-13(14)30-19(20)9-2-4-10(22)5-3-9/h2*4-10,20-21,24-25,28-30,32H,1-3H3;3-9,18-20,23,25-27,29-30H,1-2H3;2-8,15,17-18,21-25,27-28H,1H3/t10-,20+,21-,24-,25-;10-,20+,21-,24+,25-;9-,18-,19+,20-,23-;8-,15-,17+,18+,21-/m1110/s1. The maximum atomic E-state index is 13.5. The molecule has 4 saturated heterocycles. The maximum Gasteiger partial charge on any atom is 0.303 e. The molecule has 4 aliphatic heterocycles. The molecule has 0 radical (unpaired) electrons. The van der Waals surface area contributed by atoms with Gasteiger partial charge in [-0.1, -0.05) is 0 Å². The van der Waals surface area contributed by atoms with Gasteiger partial charge in [0.1, 0.15) is 149 Å². The summed E-state index contributed by atoms with van der Waals surface area (Å²) >= 11 is 0. The van der Waals surface area contributed by atoms with Crippen molar-refractivity contribution in [1.29, 1.82) is 0 Å². The van der Waals surface area contributed by atoms with Crippen LogP contribution in [0.25, 0.3) is 89.2 Å². The van der Waals surface area contributed by atoms with Gasteiger partial charge in [0.15, 0.2) is 59.7 Å². The molecule has 0 saturated carbocycles. The number of esters is 5. The molecule has 45 heteroatoms. The summed E-state index contributed by atoms with van der Waals surface area (Å²) in [5.74, 6) is -10.1. The average Bonchev–Trinajstić information content (AvgIpc) is 0.765. The number of phenolic OH excluding ortho intramolecular Hbond substituents is 12. The van der Waals surface area contributed by atoms with Crippen LogP contribution in [0.5, 0.6) is 92.0 Å². The number of aliphatic hydroxyl groups is 7. The van der Waals surface area contributed by atoms with E-state index in [1.165, 1.54) is 125 Å². The molecule has 139 heavy (non-hydrogen) atoms. The number of hydrogen-bond acceptors (Lipinski definition) is 45. The van der Waals surface area contributed by atoms with Crippen LogP contribution >= 0.6 is 0 Å². The van der Waals surface area contributed by atoms with Crippen molar-refractivity contribution in [3.63, 3.8) is 0 Å². The van der Waals surface area contributed by atoms with E-state index in [1.54, 1.807) is 0 Å². The van der Waals surface area contributed by atoms with Crippen LogP contribution in [0.4, 0.5) is 0 Å². The SMILES string of the molecule is CC(=O)O[C@@H]1[C@@H](Oc2c(-c3ccc(O)cc3)oc3cc(O)cc(O)c3c2=O)O[C@H](C)[C@@H](OC(C)=O)[C@@H]1O.CC(=O)O[C@@H]1[C@H](O)[C@@H](Oc2c(-c3ccc(O)cc3)oc3cc(O)cc(O)c3c2=O)O[C@H](C)[C@H]1OC(C)=O.CC(=O)O[C@H]1[C@H](O)[C@H](O)[C@@H](Oc2c(-c3ccc(O)cc3)oc3cc(O)cc(O)c3c2=O)O[C@@H]1C.C[C@@H]1O[C@@H](Oc2c(-c3ccc(O)cc3)oc3cc(O)cc(O)c3c2=O)[C@H](O)[C@H](O)[C@H]1O. The van der Waals surface area contributed by atoms with E-state index in [9.17, 15) is 140 Å².